The molecule has 4 N–H and O–H groups in total. The molecule has 1 aromatic carbocycles. The lowest BCUT2D eigenvalue weighted by atomic mass is 10.1. The van der Waals surface area contributed by atoms with Crippen LogP contribution in [-0.2, 0) is 6.61 Å². The number of benzene rings is 1. The molecule has 0 atom stereocenters. The Hall–Kier alpha value is -3.46. The Bertz CT molecular complexity index is 1180. The van der Waals surface area contributed by atoms with Gasteiger partial charge in [-0.25, -0.2) is 0 Å². The molecule has 2 aromatic heterocycles. The monoisotopic (exact) mass is 535 g/mol. The minimum atomic E-state index is 0.348. The van der Waals surface area contributed by atoms with Gasteiger partial charge in [-0.3, -0.25) is 4.98 Å². The molecule has 0 unspecified atom stereocenters. The third-order valence-corrected chi connectivity index (χ3v) is 6.35. The van der Waals surface area contributed by atoms with E-state index in [1.54, 1.807) is 24.5 Å². The predicted molar refractivity (Wildman–Crippen MR) is 158 cm³/mol. The average Bonchev–Trinajstić information content (AvgIpc) is 3.45. The number of hydrogen-bond donors (Lipinski definition) is 3. The Labute approximate surface area is 231 Å². The maximum absolute atomic E-state index is 6.44. The molecule has 4 rings (SSSR count). The Morgan fingerprint density at radius 3 is 2.71 bits per heavy atom. The van der Waals surface area contributed by atoms with Crippen LogP contribution in [0.1, 0.15) is 37.9 Å². The van der Waals surface area contributed by atoms with Crippen LogP contribution < -0.4 is 21.1 Å². The lowest BCUT2D eigenvalue weighted by molar-refractivity contribution is 0.301. The van der Waals surface area contributed by atoms with Crippen molar-refractivity contribution in [3.63, 3.8) is 0 Å². The van der Waals surface area contributed by atoms with Gasteiger partial charge in [0, 0.05) is 37.1 Å². The smallest absolute Gasteiger partial charge is 0.162 e. The van der Waals surface area contributed by atoms with Crippen LogP contribution in [0.5, 0.6) is 5.75 Å². The summed E-state index contributed by atoms with van der Waals surface area (Å²) in [5, 5.41) is 15.5. The van der Waals surface area contributed by atoms with Crippen LogP contribution in [0.15, 0.2) is 67.5 Å². The number of ether oxygens (including phenoxy) is 1. The third-order valence-electron chi connectivity index (χ3n) is 6.06. The van der Waals surface area contributed by atoms with Crippen molar-refractivity contribution in [2.75, 3.05) is 43.4 Å². The van der Waals surface area contributed by atoms with E-state index in [2.05, 4.69) is 37.3 Å². The third kappa shape index (κ3) is 8.83. The van der Waals surface area contributed by atoms with Crippen molar-refractivity contribution in [3.8, 4) is 5.75 Å². The summed E-state index contributed by atoms with van der Waals surface area (Å²) in [6, 6.07) is 11.2. The van der Waals surface area contributed by atoms with Crippen molar-refractivity contribution < 1.29 is 4.74 Å². The van der Waals surface area contributed by atoms with E-state index >= 15 is 0 Å². The number of likely N-dealkylation sites (tertiary alicyclic amines) is 1. The highest BCUT2D eigenvalue weighted by molar-refractivity contribution is 6.32. The summed E-state index contributed by atoms with van der Waals surface area (Å²) in [5.74, 6) is 1.23. The molecular formula is C29H38ClN7O. The molecule has 1 saturated heterocycles. The van der Waals surface area contributed by atoms with E-state index in [9.17, 15) is 0 Å². The lowest BCUT2D eigenvalue weighted by Crippen LogP contribution is -2.26. The molecule has 8 nitrogen and oxygen atoms in total. The minimum Gasteiger partial charge on any atom is -0.486 e. The van der Waals surface area contributed by atoms with Crippen molar-refractivity contribution in [1.29, 1.82) is 0 Å². The summed E-state index contributed by atoms with van der Waals surface area (Å²) in [6.45, 7) is 13.2. The summed E-state index contributed by atoms with van der Waals surface area (Å²) in [7, 11) is 0. The van der Waals surface area contributed by atoms with Crippen LogP contribution in [0.2, 0.25) is 5.02 Å². The summed E-state index contributed by atoms with van der Waals surface area (Å²) < 4.78 is 5.79. The zero-order valence-electron chi connectivity index (χ0n) is 22.3. The number of pyridine rings is 1. The fourth-order valence-electron chi connectivity index (χ4n) is 3.99. The van der Waals surface area contributed by atoms with E-state index in [-0.39, 0.29) is 0 Å². The topological polar surface area (TPSA) is 101 Å². The minimum absolute atomic E-state index is 0.348. The number of allylic oxidation sites excluding steroid dienone is 2. The Balaban J connectivity index is 0.000000427. The first-order valence-corrected chi connectivity index (χ1v) is 13.3. The van der Waals surface area contributed by atoms with E-state index in [1.807, 2.05) is 50.3 Å². The molecular weight excluding hydrogens is 498 g/mol. The maximum Gasteiger partial charge on any atom is 0.162 e. The van der Waals surface area contributed by atoms with Crippen molar-refractivity contribution in [2.24, 2.45) is 5.73 Å². The SMILES string of the molecule is C=CCNc1cnnc(Nc2ccc(OCc3ccccn3)c(Cl)c2)c1/C(C)=C/C.NCCN1CCCC1. The van der Waals surface area contributed by atoms with E-state index in [0.29, 0.717) is 29.7 Å². The first-order chi connectivity index (χ1) is 18.5. The van der Waals surface area contributed by atoms with Crippen molar-refractivity contribution in [1.82, 2.24) is 20.1 Å². The predicted octanol–water partition coefficient (Wildman–Crippen LogP) is 5.91. The van der Waals surface area contributed by atoms with Gasteiger partial charge < -0.3 is 26.0 Å². The first kappa shape index (κ1) is 29.1. The number of nitrogens with zero attached hydrogens (tertiary/aromatic N) is 4. The molecule has 0 aliphatic carbocycles. The Morgan fingerprint density at radius 1 is 1.24 bits per heavy atom. The molecule has 0 saturated carbocycles. The van der Waals surface area contributed by atoms with Gasteiger partial charge >= 0.3 is 0 Å². The molecule has 9 heteroatoms. The van der Waals surface area contributed by atoms with Gasteiger partial charge in [0.25, 0.3) is 0 Å². The summed E-state index contributed by atoms with van der Waals surface area (Å²) in [6.07, 6.45) is 10.0. The highest BCUT2D eigenvalue weighted by atomic mass is 35.5. The van der Waals surface area contributed by atoms with Gasteiger partial charge in [-0.1, -0.05) is 29.8 Å². The van der Waals surface area contributed by atoms with E-state index < -0.39 is 0 Å². The highest BCUT2D eigenvalue weighted by Crippen LogP contribution is 2.33. The van der Waals surface area contributed by atoms with Gasteiger partial charge in [0.1, 0.15) is 12.4 Å². The van der Waals surface area contributed by atoms with Crippen molar-refractivity contribution in [2.45, 2.75) is 33.3 Å². The zero-order chi connectivity index (χ0) is 27.2. The second-order valence-electron chi connectivity index (χ2n) is 8.84. The fourth-order valence-corrected chi connectivity index (χ4v) is 4.23. The van der Waals surface area contributed by atoms with Crippen LogP contribution >= 0.6 is 11.6 Å². The maximum atomic E-state index is 6.44. The number of nitrogens with two attached hydrogens (primary N) is 1. The summed E-state index contributed by atoms with van der Waals surface area (Å²) in [4.78, 5) is 6.66. The molecule has 0 amide bonds. The molecule has 202 valence electrons. The number of aromatic nitrogens is 3. The van der Waals surface area contributed by atoms with Crippen LogP contribution in [0.3, 0.4) is 0 Å². The van der Waals surface area contributed by atoms with E-state index in [4.69, 9.17) is 22.1 Å². The van der Waals surface area contributed by atoms with Gasteiger partial charge in [0.05, 0.1) is 22.6 Å². The van der Waals surface area contributed by atoms with Gasteiger partial charge in [0.15, 0.2) is 5.82 Å². The first-order valence-electron chi connectivity index (χ1n) is 12.9. The molecule has 3 heterocycles. The van der Waals surface area contributed by atoms with Crippen LogP contribution in [0.25, 0.3) is 5.57 Å². The van der Waals surface area contributed by atoms with Crippen LogP contribution in [0, 0.1) is 0 Å². The zero-order valence-corrected chi connectivity index (χ0v) is 23.0. The Morgan fingerprint density at radius 2 is 2.05 bits per heavy atom. The van der Waals surface area contributed by atoms with E-state index in [1.165, 1.54) is 25.9 Å². The second kappa shape index (κ2) is 15.7. The highest BCUT2D eigenvalue weighted by Gasteiger charge is 2.14. The van der Waals surface area contributed by atoms with Gasteiger partial charge in [0.2, 0.25) is 0 Å². The van der Waals surface area contributed by atoms with Gasteiger partial charge in [-0.15, -0.1) is 11.7 Å². The normalized spacial score (nSPS) is 13.4. The molecule has 1 aliphatic heterocycles. The largest absolute Gasteiger partial charge is 0.486 e. The molecule has 0 radical (unpaired) electrons. The fraction of sp³-hybridized carbons (Fsp3) is 0.345. The number of nitrogens with one attached hydrogen (secondary N) is 2. The van der Waals surface area contributed by atoms with Crippen molar-refractivity contribution >= 4 is 34.4 Å². The number of anilines is 3. The molecule has 1 fully saturated rings. The summed E-state index contributed by atoms with van der Waals surface area (Å²) >= 11 is 6.44. The lowest BCUT2D eigenvalue weighted by Gasteiger charge is -2.16. The average molecular weight is 536 g/mol. The van der Waals surface area contributed by atoms with Crippen LogP contribution in [-0.4, -0.2) is 52.8 Å². The number of rotatable bonds is 11. The Kier molecular flexibility index (Phi) is 12.0. The number of halogens is 1. The molecule has 3 aromatic rings. The van der Waals surface area contributed by atoms with Gasteiger partial charge in [-0.2, -0.15) is 5.10 Å². The summed E-state index contributed by atoms with van der Waals surface area (Å²) in [5.41, 5.74) is 9.88. The molecule has 0 bridgehead atoms. The molecule has 0 spiro atoms. The number of hydrogen-bond acceptors (Lipinski definition) is 8. The van der Waals surface area contributed by atoms with Gasteiger partial charge in [-0.05, 0) is 75.7 Å². The standard InChI is InChI=1S/C23H24ClN5O.C6H14N2/c1-4-11-26-20-14-27-29-23(22(20)16(3)5-2)28-17-9-10-21(19(24)13-17)30-15-18-8-6-7-12-25-18;7-3-6-8-4-1-2-5-8/h4-10,12-14H,1,11,15H2,2-3H3,(H2,26,28,29);1-7H2/b16-5+;. The van der Waals surface area contributed by atoms with E-state index in [0.717, 1.165) is 41.3 Å². The van der Waals surface area contributed by atoms with Crippen LogP contribution in [0.4, 0.5) is 17.2 Å². The quantitative estimate of drug-likeness (QED) is 0.260. The molecule has 1 aliphatic rings. The van der Waals surface area contributed by atoms with Crippen molar-refractivity contribution in [3.05, 3.63) is 83.8 Å². The molecule has 38 heavy (non-hydrogen) atoms. The second-order valence-corrected chi connectivity index (χ2v) is 9.25.